The largest absolute Gasteiger partial charge is 0.125 e. The average Bonchev–Trinajstić information content (AvgIpc) is 1.83. The van der Waals surface area contributed by atoms with Crippen LogP contribution in [0.1, 0.15) is 19.8 Å². The third-order valence-corrected chi connectivity index (χ3v) is 0.993. The maximum absolute atomic E-state index is 3.61. The molecule has 0 nitrogen and oxygen atoms in total. The van der Waals surface area contributed by atoms with E-state index >= 15 is 0 Å². The van der Waals surface area contributed by atoms with Crippen molar-refractivity contribution >= 4 is 0 Å². The summed E-state index contributed by atoms with van der Waals surface area (Å²) in [6, 6.07) is 0. The summed E-state index contributed by atoms with van der Waals surface area (Å²) in [5.74, 6) is 0. The predicted molar refractivity (Wildman–Crippen MR) is 37.8 cm³/mol. The normalized spacial score (nSPS) is 7.62. The second kappa shape index (κ2) is 4.42. The van der Waals surface area contributed by atoms with Crippen molar-refractivity contribution in [2.24, 2.45) is 0 Å². The van der Waals surface area contributed by atoms with Gasteiger partial charge >= 0.3 is 0 Å². The SMILES string of the molecule is C=C=C(C=C)CCC. The van der Waals surface area contributed by atoms with Gasteiger partial charge in [-0.2, -0.15) is 0 Å². The fraction of sp³-hybridized carbons (Fsp3) is 0.375. The molecule has 0 fully saturated rings. The summed E-state index contributed by atoms with van der Waals surface area (Å²) in [5.41, 5.74) is 3.92. The van der Waals surface area contributed by atoms with Gasteiger partial charge in [-0.15, -0.1) is 5.73 Å². The van der Waals surface area contributed by atoms with Crippen LogP contribution < -0.4 is 0 Å². The van der Waals surface area contributed by atoms with Gasteiger partial charge in [0.2, 0.25) is 0 Å². The van der Waals surface area contributed by atoms with Crippen LogP contribution in [0.4, 0.5) is 0 Å². The van der Waals surface area contributed by atoms with Crippen LogP contribution in [-0.4, -0.2) is 0 Å². The van der Waals surface area contributed by atoms with Gasteiger partial charge in [0.05, 0.1) is 0 Å². The van der Waals surface area contributed by atoms with Crippen molar-refractivity contribution in [3.8, 4) is 0 Å². The van der Waals surface area contributed by atoms with E-state index in [0.717, 1.165) is 18.4 Å². The Morgan fingerprint density at radius 2 is 2.38 bits per heavy atom. The molecule has 0 aliphatic carbocycles. The van der Waals surface area contributed by atoms with E-state index < -0.39 is 0 Å². The van der Waals surface area contributed by atoms with Crippen LogP contribution in [0.3, 0.4) is 0 Å². The molecule has 0 aromatic carbocycles. The van der Waals surface area contributed by atoms with E-state index in [1.807, 2.05) is 0 Å². The average molecular weight is 108 g/mol. The lowest BCUT2D eigenvalue weighted by atomic mass is 10.2. The Morgan fingerprint density at radius 1 is 1.75 bits per heavy atom. The van der Waals surface area contributed by atoms with E-state index in [-0.39, 0.29) is 0 Å². The molecule has 0 bridgehead atoms. The van der Waals surface area contributed by atoms with E-state index in [2.05, 4.69) is 25.8 Å². The number of rotatable bonds is 3. The maximum atomic E-state index is 3.61. The molecule has 0 aliphatic rings. The molecule has 0 heteroatoms. The first-order chi connectivity index (χ1) is 3.85. The van der Waals surface area contributed by atoms with Crippen LogP contribution in [0.25, 0.3) is 0 Å². The standard InChI is InChI=1S/C8H12/c1-4-7-8(5-2)6-3/h5H,2-4,7H2,1H3. The van der Waals surface area contributed by atoms with Crippen molar-refractivity contribution < 1.29 is 0 Å². The summed E-state index contributed by atoms with van der Waals surface area (Å²) in [6.45, 7) is 9.25. The summed E-state index contributed by atoms with van der Waals surface area (Å²) in [5, 5.41) is 0. The zero-order valence-corrected chi connectivity index (χ0v) is 5.41. The van der Waals surface area contributed by atoms with Crippen molar-refractivity contribution in [1.82, 2.24) is 0 Å². The molecule has 0 amide bonds. The van der Waals surface area contributed by atoms with Gasteiger partial charge < -0.3 is 0 Å². The molecule has 0 N–H and O–H groups in total. The molecule has 0 saturated heterocycles. The van der Waals surface area contributed by atoms with Crippen LogP contribution in [0.2, 0.25) is 0 Å². The number of hydrogen-bond donors (Lipinski definition) is 0. The first kappa shape index (κ1) is 7.26. The Morgan fingerprint density at radius 3 is 2.50 bits per heavy atom. The molecule has 0 saturated carbocycles. The van der Waals surface area contributed by atoms with Crippen LogP contribution in [0.15, 0.2) is 30.5 Å². The Kier molecular flexibility index (Phi) is 4.01. The van der Waals surface area contributed by atoms with Crippen molar-refractivity contribution in [2.75, 3.05) is 0 Å². The second-order valence-corrected chi connectivity index (χ2v) is 1.66. The minimum atomic E-state index is 1.05. The molecule has 0 aliphatic heterocycles. The van der Waals surface area contributed by atoms with Gasteiger partial charge in [-0.3, -0.25) is 0 Å². The van der Waals surface area contributed by atoms with E-state index in [9.17, 15) is 0 Å². The molecular weight excluding hydrogens is 96.1 g/mol. The highest BCUT2D eigenvalue weighted by atomic mass is 13.9. The monoisotopic (exact) mass is 108 g/mol. The van der Waals surface area contributed by atoms with Crippen molar-refractivity contribution in [2.45, 2.75) is 19.8 Å². The lowest BCUT2D eigenvalue weighted by molar-refractivity contribution is 0.929. The molecule has 8 heavy (non-hydrogen) atoms. The molecule has 0 atom stereocenters. The summed E-state index contributed by atoms with van der Waals surface area (Å²) in [6.07, 6.45) is 3.99. The Labute approximate surface area is 51.2 Å². The molecule has 0 radical (unpaired) electrons. The zero-order chi connectivity index (χ0) is 6.41. The van der Waals surface area contributed by atoms with Crippen LogP contribution in [-0.2, 0) is 0 Å². The van der Waals surface area contributed by atoms with Crippen molar-refractivity contribution in [1.29, 1.82) is 0 Å². The van der Waals surface area contributed by atoms with Crippen molar-refractivity contribution in [3.05, 3.63) is 30.5 Å². The first-order valence-electron chi connectivity index (χ1n) is 2.86. The highest BCUT2D eigenvalue weighted by molar-refractivity contribution is 5.13. The molecule has 0 rings (SSSR count). The van der Waals surface area contributed by atoms with Gasteiger partial charge in [-0.25, -0.2) is 0 Å². The third kappa shape index (κ3) is 2.44. The van der Waals surface area contributed by atoms with E-state index in [4.69, 9.17) is 0 Å². The van der Waals surface area contributed by atoms with Crippen LogP contribution >= 0.6 is 0 Å². The van der Waals surface area contributed by atoms with Gasteiger partial charge in [0.1, 0.15) is 0 Å². The van der Waals surface area contributed by atoms with E-state index in [1.165, 1.54) is 0 Å². The van der Waals surface area contributed by atoms with Crippen molar-refractivity contribution in [3.63, 3.8) is 0 Å². The third-order valence-electron chi connectivity index (χ3n) is 0.993. The topological polar surface area (TPSA) is 0 Å². The number of hydrogen-bond acceptors (Lipinski definition) is 0. The molecule has 44 valence electrons. The molecule has 0 aromatic rings. The first-order valence-corrected chi connectivity index (χ1v) is 2.86. The Bertz CT molecular complexity index is 114. The van der Waals surface area contributed by atoms with E-state index in [0.29, 0.717) is 0 Å². The Hall–Kier alpha value is -0.740. The fourth-order valence-corrected chi connectivity index (χ4v) is 0.532. The summed E-state index contributed by atoms with van der Waals surface area (Å²) >= 11 is 0. The highest BCUT2D eigenvalue weighted by Crippen LogP contribution is 2.01. The van der Waals surface area contributed by atoms with Gasteiger partial charge in [0.25, 0.3) is 0 Å². The summed E-state index contributed by atoms with van der Waals surface area (Å²) in [7, 11) is 0. The second-order valence-electron chi connectivity index (χ2n) is 1.66. The quantitative estimate of drug-likeness (QED) is 0.385. The molecule has 0 unspecified atom stereocenters. The minimum absolute atomic E-state index is 1.05. The minimum Gasteiger partial charge on any atom is -0.125 e. The zero-order valence-electron chi connectivity index (χ0n) is 5.41. The Balaban J connectivity index is 3.72. The summed E-state index contributed by atoms with van der Waals surface area (Å²) in [4.78, 5) is 0. The maximum Gasteiger partial charge on any atom is -0.00726 e. The summed E-state index contributed by atoms with van der Waals surface area (Å²) < 4.78 is 0. The smallest absolute Gasteiger partial charge is 0.00726 e. The lowest BCUT2D eigenvalue weighted by Gasteiger charge is -1.89. The van der Waals surface area contributed by atoms with Gasteiger partial charge in [-0.05, 0) is 12.0 Å². The van der Waals surface area contributed by atoms with Crippen LogP contribution in [0.5, 0.6) is 0 Å². The number of allylic oxidation sites excluding steroid dienone is 2. The highest BCUT2D eigenvalue weighted by Gasteiger charge is 1.82. The lowest BCUT2D eigenvalue weighted by Crippen LogP contribution is -1.71. The predicted octanol–water partition coefficient (Wildman–Crippen LogP) is 2.68. The van der Waals surface area contributed by atoms with E-state index in [1.54, 1.807) is 6.08 Å². The van der Waals surface area contributed by atoms with Gasteiger partial charge in [-0.1, -0.05) is 32.6 Å². The molecule has 0 aromatic heterocycles. The molecule has 0 spiro atoms. The van der Waals surface area contributed by atoms with Crippen LogP contribution in [0, 0.1) is 0 Å². The van der Waals surface area contributed by atoms with Gasteiger partial charge in [0.15, 0.2) is 0 Å². The van der Waals surface area contributed by atoms with Gasteiger partial charge in [0, 0.05) is 0 Å². The molecular formula is C8H12. The molecule has 0 heterocycles. The fourth-order valence-electron chi connectivity index (χ4n) is 0.532.